The molecular formula is C15H26N4. The van der Waals surface area contributed by atoms with E-state index in [-0.39, 0.29) is 0 Å². The second kappa shape index (κ2) is 6.87. The van der Waals surface area contributed by atoms with Crippen LogP contribution >= 0.6 is 0 Å². The molecule has 0 bridgehead atoms. The lowest BCUT2D eigenvalue weighted by molar-refractivity contribution is 0.372. The third-order valence-corrected chi connectivity index (χ3v) is 3.71. The van der Waals surface area contributed by atoms with Gasteiger partial charge in [0.05, 0.1) is 0 Å². The summed E-state index contributed by atoms with van der Waals surface area (Å²) in [6.07, 6.45) is 6.50. The molecule has 1 aliphatic heterocycles. The van der Waals surface area contributed by atoms with Gasteiger partial charge < -0.3 is 15.1 Å². The third kappa shape index (κ3) is 3.67. The van der Waals surface area contributed by atoms with Crippen LogP contribution in [0, 0.1) is 0 Å². The van der Waals surface area contributed by atoms with Crippen LogP contribution in [0.3, 0.4) is 0 Å². The van der Waals surface area contributed by atoms with Crippen LogP contribution in [0.25, 0.3) is 0 Å². The topological polar surface area (TPSA) is 31.4 Å². The lowest BCUT2D eigenvalue weighted by Gasteiger charge is -2.30. The van der Waals surface area contributed by atoms with E-state index in [0.717, 1.165) is 19.6 Å². The van der Waals surface area contributed by atoms with Gasteiger partial charge in [-0.05, 0) is 39.5 Å². The highest BCUT2D eigenvalue weighted by atomic mass is 15.2. The quantitative estimate of drug-likeness (QED) is 0.846. The maximum atomic E-state index is 4.28. The molecule has 0 radical (unpaired) electrons. The number of hydrogen-bond donors (Lipinski definition) is 1. The molecule has 1 atom stereocenters. The number of nitrogens with one attached hydrogen (secondary N) is 1. The van der Waals surface area contributed by atoms with Crippen LogP contribution < -0.4 is 10.2 Å². The highest BCUT2D eigenvalue weighted by molar-refractivity contribution is 5.54. The molecule has 0 spiro atoms. The van der Waals surface area contributed by atoms with Gasteiger partial charge in [0.2, 0.25) is 0 Å². The van der Waals surface area contributed by atoms with Crippen molar-refractivity contribution in [1.29, 1.82) is 0 Å². The normalized spacial score (nSPS) is 19.4. The van der Waals surface area contributed by atoms with Crippen molar-refractivity contribution < 1.29 is 0 Å². The molecule has 1 saturated heterocycles. The summed E-state index contributed by atoms with van der Waals surface area (Å²) < 4.78 is 0. The average Bonchev–Trinajstić information content (AvgIpc) is 2.84. The Labute approximate surface area is 116 Å². The lowest BCUT2D eigenvalue weighted by atomic mass is 10.1. The van der Waals surface area contributed by atoms with Crippen LogP contribution in [0.1, 0.15) is 25.3 Å². The van der Waals surface area contributed by atoms with Gasteiger partial charge >= 0.3 is 0 Å². The van der Waals surface area contributed by atoms with Crippen LogP contribution in [0.5, 0.6) is 0 Å². The predicted molar refractivity (Wildman–Crippen MR) is 80.5 cm³/mol. The first kappa shape index (κ1) is 14.3. The van der Waals surface area contributed by atoms with Crippen molar-refractivity contribution >= 4 is 5.69 Å². The second-order valence-electron chi connectivity index (χ2n) is 5.54. The van der Waals surface area contributed by atoms with E-state index in [1.807, 2.05) is 12.4 Å². The second-order valence-corrected chi connectivity index (χ2v) is 5.54. The van der Waals surface area contributed by atoms with Gasteiger partial charge in [-0.1, -0.05) is 6.92 Å². The molecule has 0 aliphatic carbocycles. The molecule has 19 heavy (non-hydrogen) atoms. The van der Waals surface area contributed by atoms with Crippen molar-refractivity contribution in [2.45, 2.75) is 32.4 Å². The Bertz CT molecular complexity index is 391. The Hall–Kier alpha value is -1.13. The summed E-state index contributed by atoms with van der Waals surface area (Å²) in [7, 11) is 4.31. The van der Waals surface area contributed by atoms with Crippen molar-refractivity contribution in [3.8, 4) is 0 Å². The van der Waals surface area contributed by atoms with E-state index >= 15 is 0 Å². The number of pyridine rings is 1. The van der Waals surface area contributed by atoms with Crippen LogP contribution in [0.4, 0.5) is 5.69 Å². The first-order valence-electron chi connectivity index (χ1n) is 7.27. The predicted octanol–water partition coefficient (Wildman–Crippen LogP) is 1.72. The van der Waals surface area contributed by atoms with Crippen LogP contribution in [-0.2, 0) is 6.54 Å². The molecule has 0 saturated carbocycles. The zero-order valence-electron chi connectivity index (χ0n) is 12.4. The van der Waals surface area contributed by atoms with E-state index < -0.39 is 0 Å². The fourth-order valence-corrected chi connectivity index (χ4v) is 2.86. The number of nitrogens with zero attached hydrogens (tertiary/aromatic N) is 3. The van der Waals surface area contributed by atoms with Crippen molar-refractivity contribution in [1.82, 2.24) is 15.2 Å². The first-order valence-corrected chi connectivity index (χ1v) is 7.27. The monoisotopic (exact) mass is 262 g/mol. The van der Waals surface area contributed by atoms with Crippen molar-refractivity contribution in [3.63, 3.8) is 0 Å². The molecule has 0 aromatic carbocycles. The van der Waals surface area contributed by atoms with E-state index in [1.54, 1.807) is 0 Å². The Balaban J connectivity index is 2.15. The maximum absolute atomic E-state index is 4.28. The Morgan fingerprint density at radius 2 is 2.32 bits per heavy atom. The number of aromatic nitrogens is 1. The molecule has 1 aliphatic rings. The minimum Gasteiger partial charge on any atom is -0.367 e. The summed E-state index contributed by atoms with van der Waals surface area (Å²) in [5, 5.41) is 3.41. The highest BCUT2D eigenvalue weighted by Gasteiger charge is 2.26. The SMILES string of the molecule is CCNCc1cnccc1N1CCCC1CN(C)C. The molecule has 4 nitrogen and oxygen atoms in total. The fourth-order valence-electron chi connectivity index (χ4n) is 2.86. The number of likely N-dealkylation sites (N-methyl/N-ethyl adjacent to an activating group) is 1. The van der Waals surface area contributed by atoms with Gasteiger partial charge in [-0.15, -0.1) is 0 Å². The zero-order chi connectivity index (χ0) is 13.7. The van der Waals surface area contributed by atoms with Gasteiger partial charge in [-0.25, -0.2) is 0 Å². The summed E-state index contributed by atoms with van der Waals surface area (Å²) in [6.45, 7) is 6.34. The average molecular weight is 262 g/mol. The first-order chi connectivity index (χ1) is 9.22. The van der Waals surface area contributed by atoms with Gasteiger partial charge in [0.1, 0.15) is 0 Å². The molecule has 1 aromatic heterocycles. The molecule has 1 fully saturated rings. The minimum atomic E-state index is 0.637. The molecule has 2 rings (SSSR count). The Morgan fingerprint density at radius 3 is 3.05 bits per heavy atom. The van der Waals surface area contributed by atoms with Crippen molar-refractivity contribution in [3.05, 3.63) is 24.0 Å². The van der Waals surface area contributed by atoms with Crippen molar-refractivity contribution in [2.75, 3.05) is 38.6 Å². The minimum absolute atomic E-state index is 0.637. The highest BCUT2D eigenvalue weighted by Crippen LogP contribution is 2.28. The van der Waals surface area contributed by atoms with Crippen LogP contribution in [0.15, 0.2) is 18.5 Å². The molecule has 1 N–H and O–H groups in total. The van der Waals surface area contributed by atoms with Crippen LogP contribution in [0.2, 0.25) is 0 Å². The van der Waals surface area contributed by atoms with Gasteiger partial charge in [0.15, 0.2) is 0 Å². The van der Waals surface area contributed by atoms with Crippen molar-refractivity contribution in [2.24, 2.45) is 0 Å². The summed E-state index contributed by atoms with van der Waals surface area (Å²) in [4.78, 5) is 9.13. The third-order valence-electron chi connectivity index (χ3n) is 3.71. The van der Waals surface area contributed by atoms with Gasteiger partial charge in [0, 0.05) is 49.3 Å². The van der Waals surface area contributed by atoms with Gasteiger partial charge in [-0.3, -0.25) is 4.98 Å². The zero-order valence-corrected chi connectivity index (χ0v) is 12.4. The largest absolute Gasteiger partial charge is 0.367 e. The van der Waals surface area contributed by atoms with E-state index in [0.29, 0.717) is 6.04 Å². The van der Waals surface area contributed by atoms with E-state index in [1.165, 1.54) is 30.6 Å². The van der Waals surface area contributed by atoms with E-state index in [9.17, 15) is 0 Å². The number of hydrogen-bond acceptors (Lipinski definition) is 4. The summed E-state index contributed by atoms with van der Waals surface area (Å²) in [5.41, 5.74) is 2.68. The molecule has 1 aromatic rings. The molecule has 1 unspecified atom stereocenters. The Morgan fingerprint density at radius 1 is 1.47 bits per heavy atom. The molecular weight excluding hydrogens is 236 g/mol. The fraction of sp³-hybridized carbons (Fsp3) is 0.667. The Kier molecular flexibility index (Phi) is 5.16. The van der Waals surface area contributed by atoms with E-state index in [2.05, 4.69) is 47.2 Å². The smallest absolute Gasteiger partial charge is 0.0445 e. The summed E-state index contributed by atoms with van der Waals surface area (Å²) in [6, 6.07) is 2.80. The van der Waals surface area contributed by atoms with Crippen LogP contribution in [-0.4, -0.2) is 49.7 Å². The molecule has 4 heteroatoms. The summed E-state index contributed by atoms with van der Waals surface area (Å²) >= 11 is 0. The van der Waals surface area contributed by atoms with E-state index in [4.69, 9.17) is 0 Å². The standard InChI is InChI=1S/C15H26N4/c1-4-16-10-13-11-17-8-7-15(13)19-9-5-6-14(19)12-18(2)3/h7-8,11,14,16H,4-6,9-10,12H2,1-3H3. The summed E-state index contributed by atoms with van der Waals surface area (Å²) in [5.74, 6) is 0. The molecule has 0 amide bonds. The number of rotatable bonds is 6. The lowest BCUT2D eigenvalue weighted by Crippen LogP contribution is -2.38. The van der Waals surface area contributed by atoms with Gasteiger partial charge in [0.25, 0.3) is 0 Å². The molecule has 2 heterocycles. The van der Waals surface area contributed by atoms with Gasteiger partial charge in [-0.2, -0.15) is 0 Å². The maximum Gasteiger partial charge on any atom is 0.0445 e. The molecule has 106 valence electrons. The number of anilines is 1.